The van der Waals surface area contributed by atoms with E-state index in [0.717, 1.165) is 18.9 Å². The standard InChI is InChI=1S/C15H20O5/c1-3-7-19-12-9-11(5-6-14(16)17)10-13(15(12)18)20-8-4-2/h5-6,9-10,18H,3-4,7-8H2,1-2H3,(H,16,17). The lowest BCUT2D eigenvalue weighted by Crippen LogP contribution is -2.00. The van der Waals surface area contributed by atoms with Crippen molar-refractivity contribution in [3.8, 4) is 17.2 Å². The number of phenolic OH excluding ortho intramolecular Hbond substituents is 1. The highest BCUT2D eigenvalue weighted by Gasteiger charge is 2.11. The van der Waals surface area contributed by atoms with E-state index in [0.29, 0.717) is 30.3 Å². The molecule has 0 unspecified atom stereocenters. The quantitative estimate of drug-likeness (QED) is 0.716. The van der Waals surface area contributed by atoms with E-state index < -0.39 is 5.97 Å². The molecule has 5 heteroatoms. The van der Waals surface area contributed by atoms with Crippen LogP contribution in [-0.2, 0) is 4.79 Å². The number of carboxylic acids is 1. The number of hydrogen-bond acceptors (Lipinski definition) is 4. The number of benzene rings is 1. The minimum atomic E-state index is -1.04. The van der Waals surface area contributed by atoms with Crippen molar-refractivity contribution in [3.63, 3.8) is 0 Å². The van der Waals surface area contributed by atoms with Gasteiger partial charge in [0.15, 0.2) is 11.5 Å². The number of hydrogen-bond donors (Lipinski definition) is 2. The van der Waals surface area contributed by atoms with E-state index in [1.54, 1.807) is 12.1 Å². The Morgan fingerprint density at radius 1 is 1.15 bits per heavy atom. The van der Waals surface area contributed by atoms with E-state index >= 15 is 0 Å². The molecule has 0 aliphatic rings. The van der Waals surface area contributed by atoms with Crippen LogP contribution in [0.1, 0.15) is 32.3 Å². The fraction of sp³-hybridized carbons (Fsp3) is 0.400. The molecule has 0 radical (unpaired) electrons. The zero-order valence-corrected chi connectivity index (χ0v) is 11.8. The van der Waals surface area contributed by atoms with Crippen molar-refractivity contribution in [1.82, 2.24) is 0 Å². The molecule has 0 amide bonds. The van der Waals surface area contributed by atoms with Gasteiger partial charge in [-0.2, -0.15) is 0 Å². The monoisotopic (exact) mass is 280 g/mol. The van der Waals surface area contributed by atoms with Gasteiger partial charge in [0.25, 0.3) is 0 Å². The number of aromatic hydroxyl groups is 1. The van der Waals surface area contributed by atoms with Crippen molar-refractivity contribution < 1.29 is 24.5 Å². The van der Waals surface area contributed by atoms with E-state index in [1.165, 1.54) is 6.08 Å². The first kappa shape index (κ1) is 15.9. The molecule has 0 atom stereocenters. The maximum atomic E-state index is 10.6. The number of carbonyl (C=O) groups is 1. The molecule has 0 spiro atoms. The van der Waals surface area contributed by atoms with Crippen molar-refractivity contribution in [2.45, 2.75) is 26.7 Å². The first-order valence-corrected chi connectivity index (χ1v) is 6.62. The Morgan fingerprint density at radius 3 is 2.05 bits per heavy atom. The second-order valence-electron chi connectivity index (χ2n) is 4.23. The van der Waals surface area contributed by atoms with Gasteiger partial charge in [-0.25, -0.2) is 4.79 Å². The van der Waals surface area contributed by atoms with Crippen LogP contribution in [0, 0.1) is 0 Å². The van der Waals surface area contributed by atoms with Gasteiger partial charge in [0.05, 0.1) is 13.2 Å². The highest BCUT2D eigenvalue weighted by molar-refractivity contribution is 5.85. The predicted molar refractivity (Wildman–Crippen MR) is 76.3 cm³/mol. The Bertz CT molecular complexity index is 450. The zero-order valence-electron chi connectivity index (χ0n) is 11.8. The fourth-order valence-electron chi connectivity index (χ4n) is 1.51. The third kappa shape index (κ3) is 4.84. The highest BCUT2D eigenvalue weighted by atomic mass is 16.5. The minimum absolute atomic E-state index is 0.0561. The van der Waals surface area contributed by atoms with Crippen LogP contribution in [-0.4, -0.2) is 29.4 Å². The first-order valence-electron chi connectivity index (χ1n) is 6.62. The molecular weight excluding hydrogens is 260 g/mol. The topological polar surface area (TPSA) is 76.0 Å². The Hall–Kier alpha value is -2.17. The molecule has 0 saturated heterocycles. The van der Waals surface area contributed by atoms with Gasteiger partial charge in [0, 0.05) is 6.08 Å². The second kappa shape index (κ2) is 8.09. The summed E-state index contributed by atoms with van der Waals surface area (Å²) in [5.74, 6) is -0.500. The molecule has 0 saturated carbocycles. The largest absolute Gasteiger partial charge is 0.502 e. The Morgan fingerprint density at radius 2 is 1.65 bits per heavy atom. The maximum absolute atomic E-state index is 10.6. The first-order chi connectivity index (χ1) is 9.58. The molecule has 2 N–H and O–H groups in total. The van der Waals surface area contributed by atoms with Gasteiger partial charge in [-0.05, 0) is 36.6 Å². The van der Waals surface area contributed by atoms with Crippen LogP contribution < -0.4 is 9.47 Å². The van der Waals surface area contributed by atoms with Gasteiger partial charge in [-0.3, -0.25) is 0 Å². The summed E-state index contributed by atoms with van der Waals surface area (Å²) in [6, 6.07) is 3.17. The third-order valence-corrected chi connectivity index (χ3v) is 2.40. The maximum Gasteiger partial charge on any atom is 0.328 e. The lowest BCUT2D eigenvalue weighted by atomic mass is 10.1. The van der Waals surface area contributed by atoms with Gasteiger partial charge < -0.3 is 19.7 Å². The number of aliphatic carboxylic acids is 1. The molecule has 0 aliphatic heterocycles. The van der Waals surface area contributed by atoms with Crippen LogP contribution in [0.2, 0.25) is 0 Å². The van der Waals surface area contributed by atoms with Crippen LogP contribution >= 0.6 is 0 Å². The SMILES string of the molecule is CCCOc1cc(C=CC(=O)O)cc(OCCC)c1O. The molecule has 0 fully saturated rings. The van der Waals surface area contributed by atoms with Crippen LogP contribution in [0.4, 0.5) is 0 Å². The van der Waals surface area contributed by atoms with Crippen LogP contribution in [0.3, 0.4) is 0 Å². The zero-order chi connectivity index (χ0) is 15.0. The molecular formula is C15H20O5. The smallest absolute Gasteiger partial charge is 0.328 e. The normalized spacial score (nSPS) is 10.7. The lowest BCUT2D eigenvalue weighted by molar-refractivity contribution is -0.131. The van der Waals surface area contributed by atoms with Crippen molar-refractivity contribution >= 4 is 12.0 Å². The van der Waals surface area contributed by atoms with Gasteiger partial charge in [-0.15, -0.1) is 0 Å². The summed E-state index contributed by atoms with van der Waals surface area (Å²) in [7, 11) is 0. The Labute approximate surface area is 118 Å². The van der Waals surface area contributed by atoms with Gasteiger partial charge in [-0.1, -0.05) is 13.8 Å². The average molecular weight is 280 g/mol. The molecule has 0 aromatic heterocycles. The molecule has 0 bridgehead atoms. The number of rotatable bonds is 8. The Kier molecular flexibility index (Phi) is 6.43. The molecule has 110 valence electrons. The van der Waals surface area contributed by atoms with Crippen LogP contribution in [0.15, 0.2) is 18.2 Å². The molecule has 5 nitrogen and oxygen atoms in total. The molecule has 1 rings (SSSR count). The molecule has 1 aromatic rings. The number of carboxylic acid groups (broad SMARTS) is 1. The molecule has 0 aliphatic carbocycles. The van der Waals surface area contributed by atoms with Crippen molar-refractivity contribution in [1.29, 1.82) is 0 Å². The van der Waals surface area contributed by atoms with E-state index in [4.69, 9.17) is 14.6 Å². The second-order valence-corrected chi connectivity index (χ2v) is 4.23. The van der Waals surface area contributed by atoms with Crippen LogP contribution in [0.5, 0.6) is 17.2 Å². The summed E-state index contributed by atoms with van der Waals surface area (Å²) in [5, 5.41) is 18.7. The lowest BCUT2D eigenvalue weighted by Gasteiger charge is -2.13. The molecule has 20 heavy (non-hydrogen) atoms. The average Bonchev–Trinajstić information content (AvgIpc) is 2.43. The molecule has 1 aromatic carbocycles. The van der Waals surface area contributed by atoms with E-state index in [-0.39, 0.29) is 5.75 Å². The van der Waals surface area contributed by atoms with Gasteiger partial charge in [0.2, 0.25) is 5.75 Å². The summed E-state index contributed by atoms with van der Waals surface area (Å²) in [5.41, 5.74) is 0.599. The summed E-state index contributed by atoms with van der Waals surface area (Å²) in [6.45, 7) is 4.85. The van der Waals surface area contributed by atoms with Crippen molar-refractivity contribution in [3.05, 3.63) is 23.8 Å². The van der Waals surface area contributed by atoms with Gasteiger partial charge in [0.1, 0.15) is 0 Å². The number of phenols is 1. The summed E-state index contributed by atoms with van der Waals surface area (Å²) in [4.78, 5) is 10.6. The summed E-state index contributed by atoms with van der Waals surface area (Å²) < 4.78 is 10.9. The third-order valence-electron chi connectivity index (χ3n) is 2.40. The van der Waals surface area contributed by atoms with Crippen molar-refractivity contribution in [2.75, 3.05) is 13.2 Å². The van der Waals surface area contributed by atoms with Gasteiger partial charge >= 0.3 is 5.97 Å². The molecule has 0 heterocycles. The van der Waals surface area contributed by atoms with E-state index in [2.05, 4.69) is 0 Å². The highest BCUT2D eigenvalue weighted by Crippen LogP contribution is 2.38. The number of ether oxygens (including phenoxy) is 2. The minimum Gasteiger partial charge on any atom is -0.502 e. The van der Waals surface area contributed by atoms with E-state index in [1.807, 2.05) is 13.8 Å². The predicted octanol–water partition coefficient (Wildman–Crippen LogP) is 3.07. The van der Waals surface area contributed by atoms with Crippen molar-refractivity contribution in [2.24, 2.45) is 0 Å². The summed E-state index contributed by atoms with van der Waals surface area (Å²) in [6.07, 6.45) is 4.07. The van der Waals surface area contributed by atoms with E-state index in [9.17, 15) is 9.90 Å². The Balaban J connectivity index is 3.07. The summed E-state index contributed by atoms with van der Waals surface area (Å²) >= 11 is 0. The van der Waals surface area contributed by atoms with Crippen LogP contribution in [0.25, 0.3) is 6.08 Å². The fourth-order valence-corrected chi connectivity index (χ4v) is 1.51.